The zero-order valence-electron chi connectivity index (χ0n) is 9.06. The van der Waals surface area contributed by atoms with Gasteiger partial charge in [-0.1, -0.05) is 44.0 Å². The first kappa shape index (κ1) is 12.4. The van der Waals surface area contributed by atoms with Crippen LogP contribution in [0.15, 0.2) is 6.07 Å². The summed E-state index contributed by atoms with van der Waals surface area (Å²) in [5.41, 5.74) is 5.74. The largest absolute Gasteiger partial charge is 0.382 e. The van der Waals surface area contributed by atoms with Gasteiger partial charge in [0, 0.05) is 6.54 Å². The predicted molar refractivity (Wildman–Crippen MR) is 66.6 cm³/mol. The average molecular weight is 248 g/mol. The van der Waals surface area contributed by atoms with E-state index in [0.29, 0.717) is 15.9 Å². The fourth-order valence-electron chi connectivity index (χ4n) is 0.954. The summed E-state index contributed by atoms with van der Waals surface area (Å²) < 4.78 is 0. The third kappa shape index (κ3) is 3.76. The van der Waals surface area contributed by atoms with Gasteiger partial charge in [-0.3, -0.25) is 0 Å². The smallest absolute Gasteiger partial charge is 0.147 e. The maximum atomic E-state index is 5.97. The summed E-state index contributed by atoms with van der Waals surface area (Å²) in [4.78, 5) is 4.08. The highest BCUT2D eigenvalue weighted by Crippen LogP contribution is 2.28. The second-order valence-electron chi connectivity index (χ2n) is 4.60. The molecule has 0 radical (unpaired) electrons. The van der Waals surface area contributed by atoms with Crippen molar-refractivity contribution in [1.29, 1.82) is 0 Å². The van der Waals surface area contributed by atoms with Crippen molar-refractivity contribution in [3.05, 3.63) is 16.1 Å². The molecule has 15 heavy (non-hydrogen) atoms. The summed E-state index contributed by atoms with van der Waals surface area (Å²) in [6, 6.07) is 1.59. The lowest BCUT2D eigenvalue weighted by molar-refractivity contribution is 0.442. The number of halogens is 2. The summed E-state index contributed by atoms with van der Waals surface area (Å²) in [6.45, 7) is 7.12. The van der Waals surface area contributed by atoms with Gasteiger partial charge >= 0.3 is 0 Å². The van der Waals surface area contributed by atoms with E-state index in [1.165, 1.54) is 0 Å². The Labute approximate surface area is 100.0 Å². The molecule has 3 nitrogen and oxygen atoms in total. The van der Waals surface area contributed by atoms with Crippen molar-refractivity contribution in [3.8, 4) is 0 Å². The molecule has 0 aliphatic heterocycles. The predicted octanol–water partition coefficient (Wildman–Crippen LogP) is 3.43. The molecule has 0 aliphatic carbocycles. The third-order valence-electron chi connectivity index (χ3n) is 1.74. The second kappa shape index (κ2) is 4.45. The van der Waals surface area contributed by atoms with Gasteiger partial charge in [0.25, 0.3) is 0 Å². The number of anilines is 2. The zero-order valence-corrected chi connectivity index (χ0v) is 10.6. The lowest BCUT2D eigenvalue weighted by Crippen LogP contribution is -2.20. The minimum atomic E-state index is 0.152. The van der Waals surface area contributed by atoms with Gasteiger partial charge in [0.2, 0.25) is 0 Å². The monoisotopic (exact) mass is 247 g/mol. The molecule has 3 N–H and O–H groups in total. The average Bonchev–Trinajstić information content (AvgIpc) is 2.07. The number of nitrogens with two attached hydrogens (primary N) is 1. The summed E-state index contributed by atoms with van der Waals surface area (Å²) in [5.74, 6) is 0.867. The highest BCUT2D eigenvalue weighted by Gasteiger charge is 2.12. The third-order valence-corrected chi connectivity index (χ3v) is 2.33. The van der Waals surface area contributed by atoms with E-state index >= 15 is 0 Å². The Kier molecular flexibility index (Phi) is 3.68. The molecule has 0 unspecified atom stereocenters. The SMILES string of the molecule is CC(C)(C)CNc1nc(N)c(Cl)cc1Cl. The Morgan fingerprint density at radius 3 is 2.47 bits per heavy atom. The molecule has 0 saturated carbocycles. The lowest BCUT2D eigenvalue weighted by Gasteiger charge is -2.19. The van der Waals surface area contributed by atoms with E-state index in [1.807, 2.05) is 0 Å². The van der Waals surface area contributed by atoms with Crippen molar-refractivity contribution >= 4 is 34.8 Å². The molecule has 1 rings (SSSR count). The van der Waals surface area contributed by atoms with Crippen LogP contribution in [0.3, 0.4) is 0 Å². The summed E-state index contributed by atoms with van der Waals surface area (Å²) in [5, 5.41) is 4.00. The van der Waals surface area contributed by atoms with Crippen molar-refractivity contribution < 1.29 is 0 Å². The normalized spacial score (nSPS) is 11.5. The molecular weight excluding hydrogens is 233 g/mol. The van der Waals surface area contributed by atoms with Crippen LogP contribution in [0, 0.1) is 5.41 Å². The van der Waals surface area contributed by atoms with Crippen LogP contribution in [-0.2, 0) is 0 Å². The van der Waals surface area contributed by atoms with Crippen molar-refractivity contribution in [2.75, 3.05) is 17.6 Å². The molecule has 0 spiro atoms. The molecule has 84 valence electrons. The molecule has 0 amide bonds. The minimum absolute atomic E-state index is 0.152. The second-order valence-corrected chi connectivity index (χ2v) is 5.41. The summed E-state index contributed by atoms with van der Waals surface area (Å²) in [6.07, 6.45) is 0. The van der Waals surface area contributed by atoms with Gasteiger partial charge in [-0.05, 0) is 11.5 Å². The summed E-state index contributed by atoms with van der Waals surface area (Å²) in [7, 11) is 0. The van der Waals surface area contributed by atoms with Crippen LogP contribution < -0.4 is 11.1 Å². The highest BCUT2D eigenvalue weighted by atomic mass is 35.5. The number of pyridine rings is 1. The minimum Gasteiger partial charge on any atom is -0.382 e. The van der Waals surface area contributed by atoms with Crippen molar-refractivity contribution in [3.63, 3.8) is 0 Å². The molecule has 1 aromatic heterocycles. The Morgan fingerprint density at radius 2 is 1.93 bits per heavy atom. The molecule has 0 fully saturated rings. The van der Waals surface area contributed by atoms with E-state index in [0.717, 1.165) is 6.54 Å². The topological polar surface area (TPSA) is 50.9 Å². The zero-order chi connectivity index (χ0) is 11.6. The van der Waals surface area contributed by atoms with Gasteiger partial charge in [-0.2, -0.15) is 0 Å². The Bertz CT molecular complexity index is 358. The van der Waals surface area contributed by atoms with Gasteiger partial charge < -0.3 is 11.1 Å². The maximum absolute atomic E-state index is 5.97. The standard InChI is InChI=1S/C10H15Cl2N3/c1-10(2,3)5-14-9-7(12)4-6(11)8(13)15-9/h4H,5H2,1-3H3,(H3,13,14,15). The first-order valence-electron chi connectivity index (χ1n) is 4.65. The molecular formula is C10H15Cl2N3. The quantitative estimate of drug-likeness (QED) is 0.842. The number of nitrogens with zero attached hydrogens (tertiary/aromatic N) is 1. The van der Waals surface area contributed by atoms with E-state index in [1.54, 1.807) is 6.07 Å². The van der Waals surface area contributed by atoms with Crippen LogP contribution in [0.2, 0.25) is 10.0 Å². The van der Waals surface area contributed by atoms with Crippen molar-refractivity contribution in [2.45, 2.75) is 20.8 Å². The number of rotatable bonds is 2. The molecule has 0 saturated heterocycles. The highest BCUT2D eigenvalue weighted by molar-refractivity contribution is 6.37. The first-order chi connectivity index (χ1) is 6.79. The van der Waals surface area contributed by atoms with Gasteiger partial charge in [0.1, 0.15) is 11.6 Å². The molecule has 0 bridgehead atoms. The van der Waals surface area contributed by atoms with Crippen LogP contribution >= 0.6 is 23.2 Å². The molecule has 1 heterocycles. The number of nitrogen functional groups attached to an aromatic ring is 1. The van der Waals surface area contributed by atoms with Gasteiger partial charge in [0.15, 0.2) is 0 Å². The fraction of sp³-hybridized carbons (Fsp3) is 0.500. The van der Waals surface area contributed by atoms with Gasteiger partial charge in [0.05, 0.1) is 10.0 Å². The first-order valence-corrected chi connectivity index (χ1v) is 5.40. The molecule has 1 aromatic rings. The van der Waals surface area contributed by atoms with Crippen LogP contribution in [0.1, 0.15) is 20.8 Å². The van der Waals surface area contributed by atoms with E-state index in [4.69, 9.17) is 28.9 Å². The van der Waals surface area contributed by atoms with Crippen molar-refractivity contribution in [2.24, 2.45) is 5.41 Å². The summed E-state index contributed by atoms with van der Waals surface area (Å²) >= 11 is 11.7. The van der Waals surface area contributed by atoms with Crippen LogP contribution in [0.5, 0.6) is 0 Å². The fourth-order valence-corrected chi connectivity index (χ4v) is 1.38. The number of aromatic nitrogens is 1. The number of hydrogen-bond acceptors (Lipinski definition) is 3. The van der Waals surface area contributed by atoms with E-state index in [-0.39, 0.29) is 11.2 Å². The maximum Gasteiger partial charge on any atom is 0.147 e. The van der Waals surface area contributed by atoms with Crippen LogP contribution in [-0.4, -0.2) is 11.5 Å². The molecule has 0 aromatic carbocycles. The van der Waals surface area contributed by atoms with Gasteiger partial charge in [-0.25, -0.2) is 4.98 Å². The van der Waals surface area contributed by atoms with E-state index < -0.39 is 0 Å². The van der Waals surface area contributed by atoms with Crippen LogP contribution in [0.25, 0.3) is 0 Å². The number of nitrogens with one attached hydrogen (secondary N) is 1. The van der Waals surface area contributed by atoms with Gasteiger partial charge in [-0.15, -0.1) is 0 Å². The van der Waals surface area contributed by atoms with Crippen LogP contribution in [0.4, 0.5) is 11.6 Å². The molecule has 0 atom stereocenters. The Morgan fingerprint density at radius 1 is 1.33 bits per heavy atom. The number of hydrogen-bond donors (Lipinski definition) is 2. The van der Waals surface area contributed by atoms with E-state index in [9.17, 15) is 0 Å². The molecule has 0 aliphatic rings. The van der Waals surface area contributed by atoms with Crippen molar-refractivity contribution in [1.82, 2.24) is 4.98 Å². The Balaban J connectivity index is 2.82. The van der Waals surface area contributed by atoms with E-state index in [2.05, 4.69) is 31.1 Å². The Hall–Kier alpha value is -0.670. The molecule has 5 heteroatoms. The lowest BCUT2D eigenvalue weighted by atomic mass is 9.97.